The van der Waals surface area contributed by atoms with Gasteiger partial charge in [-0.15, -0.1) is 0 Å². The number of primary amides is 1. The van der Waals surface area contributed by atoms with Crippen LogP contribution >= 0.6 is 0 Å². The van der Waals surface area contributed by atoms with Crippen LogP contribution in [0.2, 0.25) is 0 Å². The Balaban J connectivity index is 1.73. The lowest BCUT2D eigenvalue weighted by Crippen LogP contribution is -2.67. The molecule has 5 nitrogen and oxygen atoms in total. The van der Waals surface area contributed by atoms with E-state index in [1.807, 2.05) is 0 Å². The third kappa shape index (κ3) is 3.10. The number of carbonyl (C=O) groups is 1. The molecule has 2 saturated carbocycles. The molecule has 5 heteroatoms. The van der Waals surface area contributed by atoms with Gasteiger partial charge in [0.1, 0.15) is 5.54 Å². The zero-order valence-corrected chi connectivity index (χ0v) is 13.7. The van der Waals surface area contributed by atoms with Crippen LogP contribution in [0.15, 0.2) is 0 Å². The summed E-state index contributed by atoms with van der Waals surface area (Å²) >= 11 is 0. The molecule has 0 radical (unpaired) electrons. The Hall–Kier alpha value is -0.650. The minimum atomic E-state index is -0.493. The predicted molar refractivity (Wildman–Crippen MR) is 84.0 cm³/mol. The third-order valence-corrected chi connectivity index (χ3v) is 5.62. The summed E-state index contributed by atoms with van der Waals surface area (Å²) < 4.78 is 0. The van der Waals surface area contributed by atoms with Gasteiger partial charge in [-0.1, -0.05) is 0 Å². The summed E-state index contributed by atoms with van der Waals surface area (Å²) in [6, 6.07) is 0.513. The molecule has 0 spiro atoms. The van der Waals surface area contributed by atoms with Crippen LogP contribution in [-0.4, -0.2) is 66.1 Å². The summed E-state index contributed by atoms with van der Waals surface area (Å²) in [5.74, 6) is 0.298. The lowest BCUT2D eigenvalue weighted by Gasteiger charge is -2.48. The number of hydrogen-bond acceptors (Lipinski definition) is 4. The molecule has 1 aliphatic heterocycles. The summed E-state index contributed by atoms with van der Waals surface area (Å²) in [5, 5.41) is 3.62. The molecule has 21 heavy (non-hydrogen) atoms. The smallest absolute Gasteiger partial charge is 0.239 e. The zero-order chi connectivity index (χ0) is 15.3. The van der Waals surface area contributed by atoms with Crippen molar-refractivity contribution in [2.24, 2.45) is 11.7 Å². The first kappa shape index (κ1) is 15.3. The van der Waals surface area contributed by atoms with E-state index in [0.717, 1.165) is 39.0 Å². The molecule has 0 aromatic heterocycles. The van der Waals surface area contributed by atoms with Gasteiger partial charge in [0.2, 0.25) is 5.91 Å². The van der Waals surface area contributed by atoms with Gasteiger partial charge in [-0.25, -0.2) is 0 Å². The molecule has 1 atom stereocenters. The van der Waals surface area contributed by atoms with E-state index >= 15 is 0 Å². The summed E-state index contributed by atoms with van der Waals surface area (Å²) in [5.41, 5.74) is 5.53. The van der Waals surface area contributed by atoms with E-state index in [2.05, 4.69) is 36.0 Å². The number of nitrogens with one attached hydrogen (secondary N) is 1. The Morgan fingerprint density at radius 1 is 1.29 bits per heavy atom. The Morgan fingerprint density at radius 3 is 2.43 bits per heavy atom. The molecule has 0 aromatic carbocycles. The maximum absolute atomic E-state index is 12.3. The van der Waals surface area contributed by atoms with Gasteiger partial charge in [0, 0.05) is 37.8 Å². The van der Waals surface area contributed by atoms with Crippen molar-refractivity contribution in [2.75, 3.05) is 33.2 Å². The summed E-state index contributed by atoms with van der Waals surface area (Å²) in [7, 11) is 2.18. The van der Waals surface area contributed by atoms with Crippen molar-refractivity contribution in [1.29, 1.82) is 0 Å². The second-order valence-electron chi connectivity index (χ2n) is 7.97. The molecule has 3 N–H and O–H groups in total. The highest BCUT2D eigenvalue weighted by atomic mass is 16.1. The highest BCUT2D eigenvalue weighted by Gasteiger charge is 2.53. The predicted octanol–water partition coefficient (Wildman–Crippen LogP) is 0.399. The maximum atomic E-state index is 12.3. The largest absolute Gasteiger partial charge is 0.368 e. The van der Waals surface area contributed by atoms with E-state index in [-0.39, 0.29) is 11.4 Å². The van der Waals surface area contributed by atoms with E-state index in [9.17, 15) is 4.79 Å². The van der Waals surface area contributed by atoms with E-state index in [4.69, 9.17) is 5.73 Å². The van der Waals surface area contributed by atoms with Crippen molar-refractivity contribution in [3.63, 3.8) is 0 Å². The van der Waals surface area contributed by atoms with Gasteiger partial charge in [-0.05, 0) is 52.5 Å². The number of nitrogens with two attached hydrogens (primary N) is 1. The Kier molecular flexibility index (Phi) is 3.79. The third-order valence-electron chi connectivity index (χ3n) is 5.62. The molecule has 1 saturated heterocycles. The Labute approximate surface area is 128 Å². The second-order valence-corrected chi connectivity index (χ2v) is 7.97. The number of hydrogen-bond donors (Lipinski definition) is 2. The normalized spacial score (nSPS) is 30.0. The van der Waals surface area contributed by atoms with Crippen LogP contribution in [0.5, 0.6) is 0 Å². The second kappa shape index (κ2) is 5.21. The molecule has 3 fully saturated rings. The van der Waals surface area contributed by atoms with E-state index in [1.54, 1.807) is 0 Å². The molecule has 1 amide bonds. The number of rotatable bonds is 6. The van der Waals surface area contributed by atoms with Crippen LogP contribution in [0, 0.1) is 5.92 Å². The first-order valence-electron chi connectivity index (χ1n) is 8.35. The van der Waals surface area contributed by atoms with Crippen molar-refractivity contribution in [2.45, 2.75) is 56.7 Å². The highest BCUT2D eigenvalue weighted by Crippen LogP contribution is 2.42. The van der Waals surface area contributed by atoms with Crippen LogP contribution in [0.1, 0.15) is 39.5 Å². The molecule has 1 heterocycles. The van der Waals surface area contributed by atoms with E-state index < -0.39 is 5.54 Å². The number of likely N-dealkylation sites (N-methyl/N-ethyl adjacent to an activating group) is 1. The quantitative estimate of drug-likeness (QED) is 0.744. The van der Waals surface area contributed by atoms with Gasteiger partial charge in [0.25, 0.3) is 0 Å². The van der Waals surface area contributed by atoms with Gasteiger partial charge in [-0.3, -0.25) is 19.9 Å². The number of nitrogens with zero attached hydrogens (tertiary/aromatic N) is 2. The first-order valence-corrected chi connectivity index (χ1v) is 8.35. The molecule has 120 valence electrons. The molecular formula is C16H30N4O. The van der Waals surface area contributed by atoms with Crippen molar-refractivity contribution in [3.8, 4) is 0 Å². The summed E-state index contributed by atoms with van der Waals surface area (Å²) in [4.78, 5) is 17.1. The molecule has 1 unspecified atom stereocenters. The van der Waals surface area contributed by atoms with Crippen LogP contribution in [0.25, 0.3) is 0 Å². The van der Waals surface area contributed by atoms with Crippen LogP contribution in [-0.2, 0) is 4.79 Å². The SMILES string of the molecule is CN1CCN(CC(NC2CC2)(C(N)=O)C2CC2)CC1(C)C. The molecule has 0 aromatic rings. The fourth-order valence-corrected chi connectivity index (χ4v) is 3.64. The average molecular weight is 294 g/mol. The molecular weight excluding hydrogens is 264 g/mol. The topological polar surface area (TPSA) is 61.6 Å². The molecule has 3 aliphatic rings. The number of carbonyl (C=O) groups excluding carboxylic acids is 1. The van der Waals surface area contributed by atoms with E-state index in [1.165, 1.54) is 12.8 Å². The van der Waals surface area contributed by atoms with Crippen LogP contribution in [0.3, 0.4) is 0 Å². The molecule has 2 aliphatic carbocycles. The summed E-state index contributed by atoms with van der Waals surface area (Å²) in [6.45, 7) is 8.40. The van der Waals surface area contributed by atoms with E-state index in [0.29, 0.717) is 12.0 Å². The van der Waals surface area contributed by atoms with Gasteiger partial charge in [0.15, 0.2) is 0 Å². The number of piperazine rings is 1. The van der Waals surface area contributed by atoms with Crippen LogP contribution in [0.4, 0.5) is 0 Å². The zero-order valence-electron chi connectivity index (χ0n) is 13.7. The van der Waals surface area contributed by atoms with Gasteiger partial charge in [-0.2, -0.15) is 0 Å². The lowest BCUT2D eigenvalue weighted by molar-refractivity contribution is -0.127. The molecule has 0 bridgehead atoms. The van der Waals surface area contributed by atoms with Crippen molar-refractivity contribution in [1.82, 2.24) is 15.1 Å². The lowest BCUT2D eigenvalue weighted by atomic mass is 9.89. The highest BCUT2D eigenvalue weighted by molar-refractivity contribution is 5.86. The summed E-state index contributed by atoms with van der Waals surface area (Å²) in [6.07, 6.45) is 4.66. The van der Waals surface area contributed by atoms with Crippen molar-refractivity contribution in [3.05, 3.63) is 0 Å². The van der Waals surface area contributed by atoms with Gasteiger partial charge in [0.05, 0.1) is 0 Å². The maximum Gasteiger partial charge on any atom is 0.239 e. The number of amides is 1. The van der Waals surface area contributed by atoms with Crippen molar-refractivity contribution < 1.29 is 4.79 Å². The molecule has 3 rings (SSSR count). The fourth-order valence-electron chi connectivity index (χ4n) is 3.64. The Bertz CT molecular complexity index is 417. The minimum absolute atomic E-state index is 0.145. The van der Waals surface area contributed by atoms with Gasteiger partial charge >= 0.3 is 0 Å². The Morgan fingerprint density at radius 2 is 1.95 bits per heavy atom. The first-order chi connectivity index (χ1) is 9.83. The monoisotopic (exact) mass is 294 g/mol. The minimum Gasteiger partial charge on any atom is -0.368 e. The van der Waals surface area contributed by atoms with Crippen LogP contribution < -0.4 is 11.1 Å². The van der Waals surface area contributed by atoms with Gasteiger partial charge < -0.3 is 5.73 Å². The van der Waals surface area contributed by atoms with Crippen molar-refractivity contribution >= 4 is 5.91 Å². The standard InChI is InChI=1S/C16H30N4O/c1-15(2)10-20(9-8-19(15)3)11-16(14(17)21,12-4-5-12)18-13-6-7-13/h12-13,18H,4-11H2,1-3H3,(H2,17,21). The fraction of sp³-hybridized carbons (Fsp3) is 0.938. The average Bonchev–Trinajstić information content (AvgIpc) is 3.24.